The van der Waals surface area contributed by atoms with Gasteiger partial charge in [-0.2, -0.15) is 0 Å². The third kappa shape index (κ3) is 3.40. The standard InChI is InChI=1S/C19H26N2.2ClH/c1-14(2)8-10-20-11-16-12-21-9-4-6-15-5-3-7-17(19(15)21)18(16)13-20;;/h3,5,7-8,16,18H,4,6,9-13H2,1-2H3;2*1H/t16-,18-;;/m0../s1. The van der Waals surface area contributed by atoms with E-state index in [1.54, 1.807) is 16.8 Å². The minimum atomic E-state index is 0. The van der Waals surface area contributed by atoms with Crippen molar-refractivity contribution in [3.63, 3.8) is 0 Å². The van der Waals surface area contributed by atoms with E-state index in [1.807, 2.05) is 0 Å². The Morgan fingerprint density at radius 1 is 1.17 bits per heavy atom. The van der Waals surface area contributed by atoms with Crippen LogP contribution in [0.2, 0.25) is 0 Å². The van der Waals surface area contributed by atoms with E-state index in [-0.39, 0.29) is 24.8 Å². The van der Waals surface area contributed by atoms with E-state index in [1.165, 1.54) is 44.6 Å². The van der Waals surface area contributed by atoms with Crippen LogP contribution >= 0.6 is 24.8 Å². The van der Waals surface area contributed by atoms with E-state index in [4.69, 9.17) is 0 Å². The number of hydrogen-bond acceptors (Lipinski definition) is 2. The summed E-state index contributed by atoms with van der Waals surface area (Å²) in [5.74, 6) is 1.59. The summed E-state index contributed by atoms with van der Waals surface area (Å²) in [6.45, 7) is 10.6. The Hall–Kier alpha value is -0.700. The smallest absolute Gasteiger partial charge is 0.0434 e. The number of hydrogen-bond donors (Lipinski definition) is 0. The van der Waals surface area contributed by atoms with Crippen molar-refractivity contribution in [2.24, 2.45) is 5.92 Å². The van der Waals surface area contributed by atoms with Crippen molar-refractivity contribution in [1.29, 1.82) is 0 Å². The van der Waals surface area contributed by atoms with Gasteiger partial charge in [-0.05, 0) is 43.7 Å². The number of anilines is 1. The summed E-state index contributed by atoms with van der Waals surface area (Å²) >= 11 is 0. The van der Waals surface area contributed by atoms with Gasteiger partial charge in [0.2, 0.25) is 0 Å². The average molecular weight is 355 g/mol. The Balaban J connectivity index is 0.000000960. The number of rotatable bonds is 2. The monoisotopic (exact) mass is 354 g/mol. The zero-order valence-electron chi connectivity index (χ0n) is 14.1. The predicted octanol–water partition coefficient (Wildman–Crippen LogP) is 4.28. The number of fused-ring (bicyclic) bond motifs is 2. The Kier molecular flexibility index (Phi) is 6.05. The number of likely N-dealkylation sites (tertiary alicyclic amines) is 1. The largest absolute Gasteiger partial charge is 0.371 e. The third-order valence-corrected chi connectivity index (χ3v) is 5.47. The molecular weight excluding hydrogens is 327 g/mol. The predicted molar refractivity (Wildman–Crippen MR) is 104 cm³/mol. The Morgan fingerprint density at radius 3 is 2.78 bits per heavy atom. The highest BCUT2D eigenvalue weighted by Gasteiger charge is 2.41. The molecule has 1 aromatic carbocycles. The summed E-state index contributed by atoms with van der Waals surface area (Å²) in [7, 11) is 0. The highest BCUT2D eigenvalue weighted by atomic mass is 35.5. The van der Waals surface area contributed by atoms with Crippen LogP contribution in [0.15, 0.2) is 29.8 Å². The summed E-state index contributed by atoms with van der Waals surface area (Å²) in [5, 5.41) is 0. The van der Waals surface area contributed by atoms with Crippen molar-refractivity contribution in [1.82, 2.24) is 4.90 Å². The lowest BCUT2D eigenvalue weighted by atomic mass is 9.80. The zero-order chi connectivity index (χ0) is 14.4. The number of aryl methyl sites for hydroxylation is 1. The molecule has 1 fully saturated rings. The molecule has 0 spiro atoms. The van der Waals surface area contributed by atoms with Gasteiger partial charge >= 0.3 is 0 Å². The Labute approximate surface area is 152 Å². The van der Waals surface area contributed by atoms with Crippen molar-refractivity contribution in [3.05, 3.63) is 41.0 Å². The molecule has 0 aromatic heterocycles. The molecule has 1 saturated heterocycles. The molecule has 3 aliphatic heterocycles. The summed E-state index contributed by atoms with van der Waals surface area (Å²) in [6, 6.07) is 7.04. The molecule has 0 radical (unpaired) electrons. The number of nitrogens with zero attached hydrogens (tertiary/aromatic N) is 2. The average Bonchev–Trinajstić information content (AvgIpc) is 2.89. The zero-order valence-corrected chi connectivity index (χ0v) is 15.8. The van der Waals surface area contributed by atoms with Gasteiger partial charge in [0.1, 0.15) is 0 Å². The first-order valence-corrected chi connectivity index (χ1v) is 8.45. The van der Waals surface area contributed by atoms with Gasteiger partial charge in [-0.3, -0.25) is 4.90 Å². The molecule has 2 atom stereocenters. The minimum absolute atomic E-state index is 0. The van der Waals surface area contributed by atoms with Crippen LogP contribution < -0.4 is 4.90 Å². The molecule has 4 heteroatoms. The fraction of sp³-hybridized carbons (Fsp3) is 0.579. The van der Waals surface area contributed by atoms with Gasteiger partial charge < -0.3 is 4.90 Å². The van der Waals surface area contributed by atoms with Gasteiger partial charge in [-0.1, -0.05) is 29.8 Å². The summed E-state index contributed by atoms with van der Waals surface area (Å²) in [4.78, 5) is 5.33. The topological polar surface area (TPSA) is 6.48 Å². The van der Waals surface area contributed by atoms with Crippen LogP contribution in [-0.4, -0.2) is 37.6 Å². The van der Waals surface area contributed by atoms with E-state index in [9.17, 15) is 0 Å². The fourth-order valence-corrected chi connectivity index (χ4v) is 4.49. The van der Waals surface area contributed by atoms with E-state index in [0.717, 1.165) is 18.4 Å². The van der Waals surface area contributed by atoms with Gasteiger partial charge in [-0.25, -0.2) is 0 Å². The van der Waals surface area contributed by atoms with Gasteiger partial charge in [0, 0.05) is 44.3 Å². The molecule has 1 aromatic rings. The second kappa shape index (κ2) is 7.46. The first-order chi connectivity index (χ1) is 10.2. The van der Waals surface area contributed by atoms with Gasteiger partial charge in [0.25, 0.3) is 0 Å². The van der Waals surface area contributed by atoms with Crippen molar-refractivity contribution in [3.8, 4) is 0 Å². The van der Waals surface area contributed by atoms with Gasteiger partial charge in [0.05, 0.1) is 0 Å². The Bertz CT molecular complexity index is 581. The molecule has 23 heavy (non-hydrogen) atoms. The maximum Gasteiger partial charge on any atom is 0.0434 e. The number of para-hydroxylation sites is 1. The SMILES string of the molecule is CC(C)=CCN1C[C@H]2CN3CCCc4cccc(c43)[C@H]2C1.Cl.Cl. The highest BCUT2D eigenvalue weighted by molar-refractivity contribution is 5.85. The summed E-state index contributed by atoms with van der Waals surface area (Å²) < 4.78 is 0. The van der Waals surface area contributed by atoms with E-state index < -0.39 is 0 Å². The van der Waals surface area contributed by atoms with Crippen LogP contribution in [0.3, 0.4) is 0 Å². The van der Waals surface area contributed by atoms with E-state index in [2.05, 4.69) is 47.9 Å². The van der Waals surface area contributed by atoms with Crippen LogP contribution in [0.5, 0.6) is 0 Å². The molecule has 0 unspecified atom stereocenters. The van der Waals surface area contributed by atoms with Crippen molar-refractivity contribution in [2.45, 2.75) is 32.6 Å². The number of halogens is 2. The molecule has 4 rings (SSSR count). The van der Waals surface area contributed by atoms with Crippen molar-refractivity contribution < 1.29 is 0 Å². The second-order valence-electron chi connectivity index (χ2n) is 7.27. The fourth-order valence-electron chi connectivity index (χ4n) is 4.49. The second-order valence-corrected chi connectivity index (χ2v) is 7.27. The van der Waals surface area contributed by atoms with Crippen LogP contribution in [0, 0.1) is 5.92 Å². The molecule has 0 N–H and O–H groups in total. The van der Waals surface area contributed by atoms with Crippen LogP contribution in [0.1, 0.15) is 37.3 Å². The molecule has 0 bridgehead atoms. The summed E-state index contributed by atoms with van der Waals surface area (Å²) in [5.41, 5.74) is 6.28. The van der Waals surface area contributed by atoms with Gasteiger partial charge in [0.15, 0.2) is 0 Å². The lowest BCUT2D eigenvalue weighted by molar-refractivity contribution is 0.358. The molecular formula is C19H28Cl2N2. The quantitative estimate of drug-likeness (QED) is 0.731. The highest BCUT2D eigenvalue weighted by Crippen LogP contribution is 2.45. The third-order valence-electron chi connectivity index (χ3n) is 5.47. The van der Waals surface area contributed by atoms with Crippen LogP contribution in [-0.2, 0) is 6.42 Å². The first kappa shape index (κ1) is 18.6. The molecule has 0 saturated carbocycles. The normalized spacial score (nSPS) is 24.9. The molecule has 3 heterocycles. The van der Waals surface area contributed by atoms with Gasteiger partial charge in [-0.15, -0.1) is 24.8 Å². The lowest BCUT2D eigenvalue weighted by Crippen LogP contribution is -2.40. The maximum atomic E-state index is 2.68. The van der Waals surface area contributed by atoms with E-state index >= 15 is 0 Å². The summed E-state index contributed by atoms with van der Waals surface area (Å²) in [6.07, 6.45) is 4.98. The van der Waals surface area contributed by atoms with Crippen molar-refractivity contribution in [2.75, 3.05) is 37.6 Å². The van der Waals surface area contributed by atoms with E-state index in [0.29, 0.717) is 0 Å². The van der Waals surface area contributed by atoms with Crippen LogP contribution in [0.4, 0.5) is 5.69 Å². The Morgan fingerprint density at radius 2 is 2.00 bits per heavy atom. The minimum Gasteiger partial charge on any atom is -0.371 e. The molecule has 2 nitrogen and oxygen atoms in total. The maximum absolute atomic E-state index is 2.68. The molecule has 0 amide bonds. The van der Waals surface area contributed by atoms with Crippen molar-refractivity contribution >= 4 is 30.5 Å². The lowest BCUT2D eigenvalue weighted by Gasteiger charge is -2.41. The molecule has 3 aliphatic rings. The molecule has 0 aliphatic carbocycles. The molecule has 128 valence electrons. The first-order valence-electron chi connectivity index (χ1n) is 8.45. The number of allylic oxidation sites excluding steroid dienone is 1. The number of benzene rings is 1. The van der Waals surface area contributed by atoms with Crippen LogP contribution in [0.25, 0.3) is 0 Å².